The van der Waals surface area contributed by atoms with Crippen molar-refractivity contribution < 1.29 is 13.5 Å². The van der Waals surface area contributed by atoms with Gasteiger partial charge in [0.15, 0.2) is 5.96 Å². The standard InChI is InChI=1S/C11H15F2N5O/c1-6-2-3-7(17-11(16)18-10(14)15)8(4-6)19-5-9(12)13/h2-4,9H,5H2,1H3,(H6,14,15,16,17,18). The molecule has 19 heavy (non-hydrogen) atoms. The zero-order valence-corrected chi connectivity index (χ0v) is 10.3. The molecule has 0 saturated carbocycles. The van der Waals surface area contributed by atoms with Crippen molar-refractivity contribution in [1.82, 2.24) is 0 Å². The molecule has 6 N–H and O–H groups in total. The van der Waals surface area contributed by atoms with Crippen molar-refractivity contribution >= 4 is 17.6 Å². The highest BCUT2D eigenvalue weighted by Gasteiger charge is 2.08. The number of nitrogens with two attached hydrogens (primary N) is 3. The van der Waals surface area contributed by atoms with Gasteiger partial charge in [-0.25, -0.2) is 13.8 Å². The van der Waals surface area contributed by atoms with Gasteiger partial charge in [0, 0.05) is 0 Å². The van der Waals surface area contributed by atoms with Crippen molar-refractivity contribution in [1.29, 1.82) is 0 Å². The first kappa shape index (κ1) is 14.7. The second-order valence-corrected chi connectivity index (χ2v) is 3.68. The van der Waals surface area contributed by atoms with Crippen molar-refractivity contribution in [3.8, 4) is 5.75 Å². The summed E-state index contributed by atoms with van der Waals surface area (Å²) >= 11 is 0. The molecule has 1 aromatic carbocycles. The number of hydrogen-bond donors (Lipinski definition) is 3. The zero-order chi connectivity index (χ0) is 14.4. The van der Waals surface area contributed by atoms with E-state index in [1.807, 2.05) is 0 Å². The summed E-state index contributed by atoms with van der Waals surface area (Å²) in [6, 6.07) is 4.88. The molecule has 0 bridgehead atoms. The fourth-order valence-electron chi connectivity index (χ4n) is 1.26. The van der Waals surface area contributed by atoms with Gasteiger partial charge in [-0.3, -0.25) is 0 Å². The van der Waals surface area contributed by atoms with E-state index >= 15 is 0 Å². The number of hydrogen-bond acceptors (Lipinski definition) is 2. The SMILES string of the molecule is Cc1ccc(N=C(N)N=C(N)N)c(OCC(F)F)c1. The van der Waals surface area contributed by atoms with Gasteiger partial charge in [-0.2, -0.15) is 4.99 Å². The molecule has 0 heterocycles. The van der Waals surface area contributed by atoms with Gasteiger partial charge in [-0.05, 0) is 24.6 Å². The molecule has 0 aliphatic rings. The average Bonchev–Trinajstić information content (AvgIpc) is 2.28. The molecule has 0 spiro atoms. The van der Waals surface area contributed by atoms with Crippen LogP contribution in [0.1, 0.15) is 5.56 Å². The maximum Gasteiger partial charge on any atom is 0.272 e. The first-order valence-corrected chi connectivity index (χ1v) is 5.34. The number of aryl methyl sites for hydroxylation is 1. The summed E-state index contributed by atoms with van der Waals surface area (Å²) in [6.45, 7) is 1.07. The third-order valence-corrected chi connectivity index (χ3v) is 1.96. The van der Waals surface area contributed by atoms with E-state index in [4.69, 9.17) is 21.9 Å². The Hall–Kier alpha value is -2.38. The van der Waals surface area contributed by atoms with Crippen LogP contribution in [0.3, 0.4) is 0 Å². The second kappa shape index (κ2) is 6.53. The predicted octanol–water partition coefficient (Wildman–Crippen LogP) is 0.859. The summed E-state index contributed by atoms with van der Waals surface area (Å²) in [5.74, 6) is -0.247. The van der Waals surface area contributed by atoms with Crippen LogP contribution in [0.4, 0.5) is 14.5 Å². The Morgan fingerprint density at radius 2 is 2.00 bits per heavy atom. The number of ether oxygens (including phenoxy) is 1. The largest absolute Gasteiger partial charge is 0.485 e. The molecular formula is C11H15F2N5O. The minimum atomic E-state index is -2.58. The van der Waals surface area contributed by atoms with Gasteiger partial charge >= 0.3 is 0 Å². The van der Waals surface area contributed by atoms with Crippen LogP contribution >= 0.6 is 0 Å². The average molecular weight is 271 g/mol. The third kappa shape index (κ3) is 5.19. The number of guanidine groups is 2. The highest BCUT2D eigenvalue weighted by atomic mass is 19.3. The van der Waals surface area contributed by atoms with Crippen LogP contribution in [0.25, 0.3) is 0 Å². The third-order valence-electron chi connectivity index (χ3n) is 1.96. The number of nitrogens with zero attached hydrogens (tertiary/aromatic N) is 2. The highest BCUT2D eigenvalue weighted by molar-refractivity contribution is 5.93. The highest BCUT2D eigenvalue weighted by Crippen LogP contribution is 2.29. The van der Waals surface area contributed by atoms with Crippen molar-refractivity contribution in [3.05, 3.63) is 23.8 Å². The molecule has 1 rings (SSSR count). The summed E-state index contributed by atoms with van der Waals surface area (Å²) < 4.78 is 29.3. The molecule has 0 unspecified atom stereocenters. The van der Waals surface area contributed by atoms with E-state index in [1.165, 1.54) is 0 Å². The monoisotopic (exact) mass is 271 g/mol. The first-order valence-electron chi connectivity index (χ1n) is 5.34. The summed E-state index contributed by atoms with van der Waals surface area (Å²) in [5.41, 5.74) is 16.9. The molecule has 0 radical (unpaired) electrons. The Bertz CT molecular complexity index is 498. The van der Waals surface area contributed by atoms with Crippen LogP contribution in [0.2, 0.25) is 0 Å². The van der Waals surface area contributed by atoms with E-state index in [2.05, 4.69) is 9.98 Å². The number of aliphatic imine (C=N–C) groups is 2. The fourth-order valence-corrected chi connectivity index (χ4v) is 1.26. The normalized spacial score (nSPS) is 11.5. The van der Waals surface area contributed by atoms with Crippen LogP contribution in [0.15, 0.2) is 28.2 Å². The maximum atomic E-state index is 12.1. The number of halogens is 2. The van der Waals surface area contributed by atoms with E-state index < -0.39 is 13.0 Å². The van der Waals surface area contributed by atoms with E-state index in [9.17, 15) is 8.78 Å². The molecule has 8 heteroatoms. The van der Waals surface area contributed by atoms with E-state index in [-0.39, 0.29) is 23.4 Å². The number of alkyl halides is 2. The Balaban J connectivity index is 3.02. The topological polar surface area (TPSA) is 112 Å². The summed E-state index contributed by atoms with van der Waals surface area (Å²) in [7, 11) is 0. The van der Waals surface area contributed by atoms with Crippen molar-refractivity contribution in [2.24, 2.45) is 27.2 Å². The van der Waals surface area contributed by atoms with E-state index in [1.54, 1.807) is 25.1 Å². The lowest BCUT2D eigenvalue weighted by molar-refractivity contribution is 0.0822. The number of benzene rings is 1. The summed E-state index contributed by atoms with van der Waals surface area (Å²) in [6.07, 6.45) is -2.58. The van der Waals surface area contributed by atoms with Crippen LogP contribution in [-0.2, 0) is 0 Å². The van der Waals surface area contributed by atoms with Crippen LogP contribution < -0.4 is 21.9 Å². The molecule has 0 aliphatic carbocycles. The van der Waals surface area contributed by atoms with Gasteiger partial charge in [0.25, 0.3) is 6.43 Å². The Morgan fingerprint density at radius 3 is 2.58 bits per heavy atom. The van der Waals surface area contributed by atoms with Crippen molar-refractivity contribution in [2.45, 2.75) is 13.3 Å². The smallest absolute Gasteiger partial charge is 0.272 e. The molecule has 0 saturated heterocycles. The van der Waals surface area contributed by atoms with Crippen LogP contribution in [-0.4, -0.2) is 25.0 Å². The fraction of sp³-hybridized carbons (Fsp3) is 0.273. The van der Waals surface area contributed by atoms with Gasteiger partial charge in [0.2, 0.25) is 5.96 Å². The van der Waals surface area contributed by atoms with Crippen molar-refractivity contribution in [3.63, 3.8) is 0 Å². The Morgan fingerprint density at radius 1 is 1.32 bits per heavy atom. The molecule has 1 aromatic rings. The molecule has 104 valence electrons. The van der Waals surface area contributed by atoms with E-state index in [0.29, 0.717) is 0 Å². The van der Waals surface area contributed by atoms with Crippen molar-refractivity contribution in [2.75, 3.05) is 6.61 Å². The molecule has 0 aromatic heterocycles. The lowest BCUT2D eigenvalue weighted by Gasteiger charge is -2.09. The number of rotatable bonds is 4. The minimum absolute atomic E-state index is 0.189. The molecule has 0 fully saturated rings. The van der Waals surface area contributed by atoms with Gasteiger partial charge in [0.1, 0.15) is 18.0 Å². The molecule has 6 nitrogen and oxygen atoms in total. The summed E-state index contributed by atoms with van der Waals surface area (Å²) in [5, 5.41) is 0. The second-order valence-electron chi connectivity index (χ2n) is 3.68. The van der Waals surface area contributed by atoms with Gasteiger partial charge in [0.05, 0.1) is 0 Å². The van der Waals surface area contributed by atoms with Gasteiger partial charge in [-0.15, -0.1) is 0 Å². The zero-order valence-electron chi connectivity index (χ0n) is 10.3. The summed E-state index contributed by atoms with van der Waals surface area (Å²) in [4.78, 5) is 7.42. The van der Waals surface area contributed by atoms with Crippen LogP contribution in [0.5, 0.6) is 5.75 Å². The minimum Gasteiger partial charge on any atom is -0.485 e. The lowest BCUT2D eigenvalue weighted by Crippen LogP contribution is -2.26. The van der Waals surface area contributed by atoms with Crippen LogP contribution in [0, 0.1) is 6.92 Å². The Kier molecular flexibility index (Phi) is 5.04. The molecule has 0 amide bonds. The molecular weight excluding hydrogens is 256 g/mol. The predicted molar refractivity (Wildman–Crippen MR) is 69.8 cm³/mol. The maximum absolute atomic E-state index is 12.1. The lowest BCUT2D eigenvalue weighted by atomic mass is 10.2. The molecule has 0 atom stereocenters. The van der Waals surface area contributed by atoms with Gasteiger partial charge < -0.3 is 21.9 Å². The van der Waals surface area contributed by atoms with Gasteiger partial charge in [-0.1, -0.05) is 6.07 Å². The first-order chi connectivity index (χ1) is 8.88. The quantitative estimate of drug-likeness (QED) is 0.556. The molecule has 0 aliphatic heterocycles. The van der Waals surface area contributed by atoms with E-state index in [0.717, 1.165) is 5.56 Å². The Labute approximate surface area is 109 Å².